The van der Waals surface area contributed by atoms with Gasteiger partial charge in [-0.1, -0.05) is 24.3 Å². The lowest BCUT2D eigenvalue weighted by atomic mass is 10.1. The fourth-order valence-corrected chi connectivity index (χ4v) is 1.71. The number of rotatable bonds is 5. The number of ether oxygens (including phenoxy) is 1. The van der Waals surface area contributed by atoms with Gasteiger partial charge in [-0.05, 0) is 29.8 Å². The Morgan fingerprint density at radius 2 is 1.77 bits per heavy atom. The molecule has 0 spiro atoms. The molecule has 0 aliphatic carbocycles. The zero-order chi connectivity index (χ0) is 15.9. The van der Waals surface area contributed by atoms with Crippen LogP contribution in [0, 0.1) is 5.82 Å². The Labute approximate surface area is 126 Å². The normalized spacial score (nSPS) is 10.1. The van der Waals surface area contributed by atoms with Crippen LogP contribution in [0.25, 0.3) is 0 Å². The van der Waals surface area contributed by atoms with Crippen molar-refractivity contribution in [1.82, 2.24) is 0 Å². The highest BCUT2D eigenvalue weighted by atomic mass is 19.1. The zero-order valence-electron chi connectivity index (χ0n) is 11.6. The van der Waals surface area contributed by atoms with Crippen molar-refractivity contribution in [3.63, 3.8) is 0 Å². The van der Waals surface area contributed by atoms with Gasteiger partial charge in [-0.15, -0.1) is 0 Å². The number of amides is 1. The standard InChI is InChI=1S/C16H14FNO4/c17-13-3-1-2-4-14(13)18-15(20)10-22-16(21)12-7-5-11(9-19)6-8-12/h1-8,19H,9-10H2,(H,18,20). The molecule has 22 heavy (non-hydrogen) atoms. The smallest absolute Gasteiger partial charge is 0.338 e. The molecule has 6 heteroatoms. The van der Waals surface area contributed by atoms with Crippen LogP contribution in [0.3, 0.4) is 0 Å². The molecule has 0 bridgehead atoms. The summed E-state index contributed by atoms with van der Waals surface area (Å²) < 4.78 is 18.2. The number of anilines is 1. The van der Waals surface area contributed by atoms with Crippen LogP contribution < -0.4 is 5.32 Å². The van der Waals surface area contributed by atoms with Crippen LogP contribution in [0.1, 0.15) is 15.9 Å². The summed E-state index contributed by atoms with van der Waals surface area (Å²) in [5.41, 5.74) is 0.945. The van der Waals surface area contributed by atoms with Gasteiger partial charge in [-0.25, -0.2) is 9.18 Å². The van der Waals surface area contributed by atoms with Gasteiger partial charge >= 0.3 is 5.97 Å². The molecular weight excluding hydrogens is 289 g/mol. The SMILES string of the molecule is O=C(COC(=O)c1ccc(CO)cc1)Nc1ccccc1F. The molecule has 0 aliphatic heterocycles. The fourth-order valence-electron chi connectivity index (χ4n) is 1.71. The molecule has 2 aromatic carbocycles. The number of hydrogen-bond donors (Lipinski definition) is 2. The summed E-state index contributed by atoms with van der Waals surface area (Å²) >= 11 is 0. The average molecular weight is 303 g/mol. The lowest BCUT2D eigenvalue weighted by molar-refractivity contribution is -0.119. The minimum Gasteiger partial charge on any atom is -0.452 e. The third-order valence-corrected chi connectivity index (χ3v) is 2.85. The van der Waals surface area contributed by atoms with Crippen LogP contribution in [-0.2, 0) is 16.1 Å². The summed E-state index contributed by atoms with van der Waals surface area (Å²) in [5.74, 6) is -1.87. The van der Waals surface area contributed by atoms with Crippen LogP contribution in [-0.4, -0.2) is 23.6 Å². The summed E-state index contributed by atoms with van der Waals surface area (Å²) in [6.07, 6.45) is 0. The van der Waals surface area contributed by atoms with Crippen LogP contribution in [0.15, 0.2) is 48.5 Å². The second-order valence-corrected chi connectivity index (χ2v) is 4.46. The van der Waals surface area contributed by atoms with Crippen molar-refractivity contribution in [3.8, 4) is 0 Å². The number of esters is 1. The Bertz CT molecular complexity index is 670. The number of aliphatic hydroxyl groups is 1. The second kappa shape index (κ2) is 7.33. The van der Waals surface area contributed by atoms with Crippen molar-refractivity contribution in [1.29, 1.82) is 0 Å². The Balaban J connectivity index is 1.87. The Kier molecular flexibility index (Phi) is 5.21. The lowest BCUT2D eigenvalue weighted by Crippen LogP contribution is -2.21. The maximum atomic E-state index is 13.3. The Hall–Kier alpha value is -2.73. The van der Waals surface area contributed by atoms with Gasteiger partial charge in [0.15, 0.2) is 6.61 Å². The zero-order valence-corrected chi connectivity index (χ0v) is 11.6. The minimum absolute atomic E-state index is 0.0239. The topological polar surface area (TPSA) is 75.6 Å². The summed E-state index contributed by atoms with van der Waals surface area (Å²) in [6.45, 7) is -0.644. The van der Waals surface area contributed by atoms with Crippen molar-refractivity contribution in [3.05, 3.63) is 65.5 Å². The monoisotopic (exact) mass is 303 g/mol. The number of halogens is 1. The van der Waals surface area contributed by atoms with Gasteiger partial charge in [0, 0.05) is 0 Å². The van der Waals surface area contributed by atoms with Gasteiger partial charge in [0.25, 0.3) is 5.91 Å². The summed E-state index contributed by atoms with van der Waals surface area (Å²) in [7, 11) is 0. The van der Waals surface area contributed by atoms with E-state index in [-0.39, 0.29) is 17.9 Å². The van der Waals surface area contributed by atoms with E-state index in [4.69, 9.17) is 9.84 Å². The molecule has 1 amide bonds. The van der Waals surface area contributed by atoms with E-state index in [2.05, 4.69) is 5.32 Å². The van der Waals surface area contributed by atoms with E-state index >= 15 is 0 Å². The van der Waals surface area contributed by atoms with E-state index in [1.807, 2.05) is 0 Å². The van der Waals surface area contributed by atoms with Gasteiger partial charge in [0.2, 0.25) is 0 Å². The van der Waals surface area contributed by atoms with E-state index in [1.165, 1.54) is 30.3 Å². The lowest BCUT2D eigenvalue weighted by Gasteiger charge is -2.07. The highest BCUT2D eigenvalue weighted by Gasteiger charge is 2.11. The second-order valence-electron chi connectivity index (χ2n) is 4.46. The van der Waals surface area contributed by atoms with Gasteiger partial charge < -0.3 is 15.2 Å². The van der Waals surface area contributed by atoms with E-state index in [9.17, 15) is 14.0 Å². The number of nitrogens with one attached hydrogen (secondary N) is 1. The highest BCUT2D eigenvalue weighted by molar-refractivity contribution is 5.95. The molecule has 2 aromatic rings. The summed E-state index contributed by atoms with van der Waals surface area (Å²) in [4.78, 5) is 23.3. The number of carbonyl (C=O) groups excluding carboxylic acids is 2. The number of benzene rings is 2. The molecular formula is C16H14FNO4. The predicted molar refractivity (Wildman–Crippen MR) is 77.7 cm³/mol. The van der Waals surface area contributed by atoms with Crippen molar-refractivity contribution in [2.75, 3.05) is 11.9 Å². The van der Waals surface area contributed by atoms with E-state index in [1.54, 1.807) is 18.2 Å². The van der Waals surface area contributed by atoms with E-state index in [0.29, 0.717) is 5.56 Å². The molecule has 114 valence electrons. The fraction of sp³-hybridized carbons (Fsp3) is 0.125. The molecule has 0 aliphatic rings. The minimum atomic E-state index is -0.673. The van der Waals surface area contributed by atoms with Gasteiger partial charge in [0.1, 0.15) is 5.82 Å². The van der Waals surface area contributed by atoms with Crippen LogP contribution in [0.2, 0.25) is 0 Å². The first-order valence-corrected chi connectivity index (χ1v) is 6.51. The van der Waals surface area contributed by atoms with Gasteiger partial charge in [0.05, 0.1) is 17.9 Å². The van der Waals surface area contributed by atoms with Crippen LogP contribution in [0.4, 0.5) is 10.1 Å². The maximum absolute atomic E-state index is 13.3. The van der Waals surface area contributed by atoms with Crippen molar-refractivity contribution >= 4 is 17.6 Å². The van der Waals surface area contributed by atoms with E-state index in [0.717, 1.165) is 0 Å². The number of carbonyl (C=O) groups is 2. The molecule has 0 unspecified atom stereocenters. The predicted octanol–water partition coefficient (Wildman–Crippen LogP) is 2.11. The molecule has 0 fully saturated rings. The van der Waals surface area contributed by atoms with Gasteiger partial charge in [-0.2, -0.15) is 0 Å². The molecule has 0 radical (unpaired) electrons. The summed E-state index contributed by atoms with van der Waals surface area (Å²) in [6, 6.07) is 11.8. The van der Waals surface area contributed by atoms with Crippen LogP contribution in [0.5, 0.6) is 0 Å². The Morgan fingerprint density at radius 3 is 2.41 bits per heavy atom. The van der Waals surface area contributed by atoms with Crippen molar-refractivity contribution in [2.24, 2.45) is 0 Å². The van der Waals surface area contributed by atoms with Crippen molar-refractivity contribution < 1.29 is 23.8 Å². The largest absolute Gasteiger partial charge is 0.452 e. The molecule has 0 saturated heterocycles. The molecule has 2 N–H and O–H groups in total. The molecule has 0 atom stereocenters. The number of hydrogen-bond acceptors (Lipinski definition) is 4. The quantitative estimate of drug-likeness (QED) is 0.830. The molecule has 5 nitrogen and oxygen atoms in total. The maximum Gasteiger partial charge on any atom is 0.338 e. The first-order valence-electron chi connectivity index (χ1n) is 6.51. The number of aliphatic hydroxyl groups excluding tert-OH is 1. The molecule has 2 rings (SSSR count). The van der Waals surface area contributed by atoms with Crippen LogP contribution >= 0.6 is 0 Å². The molecule has 0 aromatic heterocycles. The van der Waals surface area contributed by atoms with Gasteiger partial charge in [-0.3, -0.25) is 4.79 Å². The Morgan fingerprint density at radius 1 is 1.09 bits per heavy atom. The third-order valence-electron chi connectivity index (χ3n) is 2.85. The average Bonchev–Trinajstić information content (AvgIpc) is 2.55. The molecule has 0 heterocycles. The first-order chi connectivity index (χ1) is 10.6. The first kappa shape index (κ1) is 15.7. The van der Waals surface area contributed by atoms with Crippen molar-refractivity contribution in [2.45, 2.75) is 6.61 Å². The highest BCUT2D eigenvalue weighted by Crippen LogP contribution is 2.12. The third kappa shape index (κ3) is 4.13. The molecule has 0 saturated carbocycles. The number of para-hydroxylation sites is 1. The summed E-state index contributed by atoms with van der Waals surface area (Å²) in [5, 5.41) is 11.2. The van der Waals surface area contributed by atoms with E-state index < -0.39 is 24.3 Å².